The zero-order valence-electron chi connectivity index (χ0n) is 15.1. The Hall–Kier alpha value is -2.42. The van der Waals surface area contributed by atoms with Gasteiger partial charge >= 0.3 is 6.18 Å². The summed E-state index contributed by atoms with van der Waals surface area (Å²) in [6.45, 7) is 0.974. The SMILES string of the molecule is O=C(Cc1cn2cc(Br)cc(C(F)(F)F)c2n1)N1CCC(c2cccc(F)c2)C1. The molecule has 4 rings (SSSR count). The number of halogens is 5. The Morgan fingerprint density at radius 1 is 1.24 bits per heavy atom. The fraction of sp³-hybridized carbons (Fsp3) is 0.300. The van der Waals surface area contributed by atoms with Crippen LogP contribution in [0.15, 0.2) is 47.2 Å². The van der Waals surface area contributed by atoms with Crippen molar-refractivity contribution in [2.24, 2.45) is 0 Å². The van der Waals surface area contributed by atoms with E-state index in [9.17, 15) is 22.4 Å². The van der Waals surface area contributed by atoms with Gasteiger partial charge in [0.15, 0.2) is 0 Å². The highest BCUT2D eigenvalue weighted by Gasteiger charge is 2.35. The van der Waals surface area contributed by atoms with E-state index in [4.69, 9.17) is 0 Å². The number of alkyl halides is 3. The van der Waals surface area contributed by atoms with Gasteiger partial charge in [0.2, 0.25) is 5.91 Å². The van der Waals surface area contributed by atoms with Crippen molar-refractivity contribution >= 4 is 27.5 Å². The number of benzene rings is 1. The minimum atomic E-state index is -4.55. The lowest BCUT2D eigenvalue weighted by atomic mass is 9.98. The van der Waals surface area contributed by atoms with E-state index in [0.717, 1.165) is 11.6 Å². The molecule has 9 heteroatoms. The van der Waals surface area contributed by atoms with Gasteiger partial charge in [-0.05, 0) is 46.1 Å². The monoisotopic (exact) mass is 469 g/mol. The van der Waals surface area contributed by atoms with Crippen LogP contribution in [0.2, 0.25) is 0 Å². The molecule has 1 fully saturated rings. The Bertz CT molecular complexity index is 1080. The molecule has 0 radical (unpaired) electrons. The number of imidazole rings is 1. The molecule has 1 aliphatic heterocycles. The van der Waals surface area contributed by atoms with Gasteiger partial charge in [0.1, 0.15) is 11.5 Å². The van der Waals surface area contributed by atoms with Gasteiger partial charge in [-0.25, -0.2) is 9.37 Å². The van der Waals surface area contributed by atoms with Crippen molar-refractivity contribution in [2.45, 2.75) is 24.9 Å². The third-order valence-electron chi connectivity index (χ3n) is 5.07. The summed E-state index contributed by atoms with van der Waals surface area (Å²) in [5, 5.41) is 0. The van der Waals surface area contributed by atoms with Crippen LogP contribution in [-0.2, 0) is 17.4 Å². The smallest absolute Gasteiger partial charge is 0.342 e. The maximum atomic E-state index is 13.4. The average Bonchev–Trinajstić information content (AvgIpc) is 3.26. The summed E-state index contributed by atoms with van der Waals surface area (Å²) < 4.78 is 54.8. The lowest BCUT2D eigenvalue weighted by Gasteiger charge is -2.16. The molecule has 3 heterocycles. The molecule has 4 nitrogen and oxygen atoms in total. The first-order chi connectivity index (χ1) is 13.7. The first-order valence-electron chi connectivity index (χ1n) is 8.98. The minimum Gasteiger partial charge on any atom is -0.342 e. The zero-order valence-corrected chi connectivity index (χ0v) is 16.7. The highest BCUT2D eigenvalue weighted by Crippen LogP contribution is 2.34. The number of carbonyl (C=O) groups excluding carboxylic acids is 1. The molecule has 29 heavy (non-hydrogen) atoms. The molecule has 0 aliphatic carbocycles. The molecule has 1 amide bonds. The number of amides is 1. The number of hydrogen-bond acceptors (Lipinski definition) is 2. The summed E-state index contributed by atoms with van der Waals surface area (Å²) in [6.07, 6.45) is -1.02. The van der Waals surface area contributed by atoms with Crippen LogP contribution >= 0.6 is 15.9 Å². The number of pyridine rings is 1. The highest BCUT2D eigenvalue weighted by molar-refractivity contribution is 9.10. The molecular weight excluding hydrogens is 454 g/mol. The van der Waals surface area contributed by atoms with Gasteiger partial charge in [-0.15, -0.1) is 0 Å². The van der Waals surface area contributed by atoms with Crippen LogP contribution in [0.5, 0.6) is 0 Å². The predicted molar refractivity (Wildman–Crippen MR) is 102 cm³/mol. The van der Waals surface area contributed by atoms with Crippen LogP contribution in [0.1, 0.15) is 29.2 Å². The quantitative estimate of drug-likeness (QED) is 0.516. The van der Waals surface area contributed by atoms with Crippen LogP contribution in [0.25, 0.3) is 5.65 Å². The molecule has 0 saturated carbocycles. The molecule has 0 N–H and O–H groups in total. The van der Waals surface area contributed by atoms with Crippen molar-refractivity contribution in [1.82, 2.24) is 14.3 Å². The third-order valence-corrected chi connectivity index (χ3v) is 5.50. The normalized spacial score (nSPS) is 17.3. The number of nitrogens with zero attached hydrogens (tertiary/aromatic N) is 3. The first-order valence-corrected chi connectivity index (χ1v) is 9.77. The molecule has 1 atom stereocenters. The molecule has 1 aliphatic rings. The molecule has 2 aromatic heterocycles. The van der Waals surface area contributed by atoms with Gasteiger partial charge < -0.3 is 9.30 Å². The van der Waals surface area contributed by atoms with Crippen LogP contribution < -0.4 is 0 Å². The number of likely N-dealkylation sites (tertiary alicyclic amines) is 1. The fourth-order valence-electron chi connectivity index (χ4n) is 3.69. The van der Waals surface area contributed by atoms with Crippen LogP contribution in [0, 0.1) is 5.82 Å². The summed E-state index contributed by atoms with van der Waals surface area (Å²) in [5.74, 6) is -0.480. The van der Waals surface area contributed by atoms with Crippen molar-refractivity contribution in [3.8, 4) is 0 Å². The minimum absolute atomic E-state index is 0.0449. The van der Waals surface area contributed by atoms with Crippen LogP contribution in [0.4, 0.5) is 17.6 Å². The summed E-state index contributed by atoms with van der Waals surface area (Å²) in [7, 11) is 0. The van der Waals surface area contributed by atoms with Gasteiger partial charge in [-0.3, -0.25) is 4.79 Å². The van der Waals surface area contributed by atoms with Gasteiger partial charge in [-0.1, -0.05) is 12.1 Å². The lowest BCUT2D eigenvalue weighted by molar-refractivity contribution is -0.136. The zero-order chi connectivity index (χ0) is 20.8. The van der Waals surface area contributed by atoms with Gasteiger partial charge in [0.25, 0.3) is 0 Å². The summed E-state index contributed by atoms with van der Waals surface area (Å²) >= 11 is 3.07. The molecular formula is C20H16BrF4N3O. The highest BCUT2D eigenvalue weighted by atomic mass is 79.9. The van der Waals surface area contributed by atoms with Crippen molar-refractivity contribution in [1.29, 1.82) is 0 Å². The third kappa shape index (κ3) is 4.14. The van der Waals surface area contributed by atoms with Crippen molar-refractivity contribution in [3.63, 3.8) is 0 Å². The molecule has 152 valence electrons. The topological polar surface area (TPSA) is 37.6 Å². The van der Waals surface area contributed by atoms with E-state index in [1.54, 1.807) is 11.0 Å². The number of rotatable bonds is 3. The van der Waals surface area contributed by atoms with E-state index in [2.05, 4.69) is 20.9 Å². The Balaban J connectivity index is 1.51. The maximum Gasteiger partial charge on any atom is 0.420 e. The molecule has 1 aromatic carbocycles. The van der Waals surface area contributed by atoms with E-state index >= 15 is 0 Å². The van der Waals surface area contributed by atoms with Gasteiger partial charge in [-0.2, -0.15) is 13.2 Å². The van der Waals surface area contributed by atoms with E-state index in [1.165, 1.54) is 28.9 Å². The fourth-order valence-corrected chi connectivity index (χ4v) is 4.14. The number of hydrogen-bond donors (Lipinski definition) is 0. The second kappa shape index (κ2) is 7.44. The molecule has 3 aromatic rings. The summed E-state index contributed by atoms with van der Waals surface area (Å²) in [5.41, 5.74) is 0.0148. The van der Waals surface area contributed by atoms with Gasteiger partial charge in [0, 0.05) is 35.9 Å². The number of fused-ring (bicyclic) bond motifs is 1. The largest absolute Gasteiger partial charge is 0.420 e. The predicted octanol–water partition coefficient (Wildman–Crippen LogP) is 4.81. The Morgan fingerprint density at radius 2 is 2.03 bits per heavy atom. The summed E-state index contributed by atoms with van der Waals surface area (Å²) in [6, 6.07) is 7.29. The second-order valence-electron chi connectivity index (χ2n) is 7.09. The maximum absolute atomic E-state index is 13.4. The van der Waals surface area contributed by atoms with Crippen molar-refractivity contribution in [3.05, 3.63) is 69.8 Å². The van der Waals surface area contributed by atoms with Crippen LogP contribution in [0.3, 0.4) is 0 Å². The summed E-state index contributed by atoms with van der Waals surface area (Å²) in [4.78, 5) is 18.4. The van der Waals surface area contributed by atoms with E-state index in [0.29, 0.717) is 19.5 Å². The van der Waals surface area contributed by atoms with E-state index < -0.39 is 11.7 Å². The molecule has 1 saturated heterocycles. The second-order valence-corrected chi connectivity index (χ2v) is 8.01. The van der Waals surface area contributed by atoms with Crippen LogP contribution in [-0.4, -0.2) is 33.3 Å². The average molecular weight is 470 g/mol. The Labute approximate surface area is 172 Å². The Morgan fingerprint density at radius 3 is 2.76 bits per heavy atom. The molecule has 0 bridgehead atoms. The van der Waals surface area contributed by atoms with E-state index in [1.807, 2.05) is 6.07 Å². The lowest BCUT2D eigenvalue weighted by Crippen LogP contribution is -2.30. The van der Waals surface area contributed by atoms with Crippen molar-refractivity contribution in [2.75, 3.05) is 13.1 Å². The van der Waals surface area contributed by atoms with E-state index in [-0.39, 0.29) is 39.9 Å². The van der Waals surface area contributed by atoms with Crippen molar-refractivity contribution < 1.29 is 22.4 Å². The first kappa shape index (κ1) is 19.9. The molecule has 0 spiro atoms. The number of aromatic nitrogens is 2. The molecule has 1 unspecified atom stereocenters. The van der Waals surface area contributed by atoms with Gasteiger partial charge in [0.05, 0.1) is 17.7 Å². The Kier molecular flexibility index (Phi) is 5.10. The standard InChI is InChI=1S/C20H16BrF4N3O/c21-14-7-17(20(23,24)25)19-26-16(11-28(19)10-14)8-18(29)27-5-4-13(9-27)12-2-1-3-15(22)6-12/h1-3,6-7,10-11,13H,4-5,8-9H2. The number of carbonyl (C=O) groups is 1.